The summed E-state index contributed by atoms with van der Waals surface area (Å²) in [5.41, 5.74) is 2.45. The van der Waals surface area contributed by atoms with Crippen LogP contribution in [0.5, 0.6) is 0 Å². The third kappa shape index (κ3) is 7.24. The number of halogens is 2. The summed E-state index contributed by atoms with van der Waals surface area (Å²) in [6, 6.07) is 20.0. The van der Waals surface area contributed by atoms with Crippen molar-refractivity contribution in [2.75, 3.05) is 17.2 Å². The number of carbonyl (C=O) groups excluding carboxylic acids is 3. The molecule has 0 saturated carbocycles. The Kier molecular flexibility index (Phi) is 8.29. The van der Waals surface area contributed by atoms with Crippen LogP contribution >= 0.6 is 23.2 Å². The molecule has 0 aliphatic rings. The number of amides is 4. The van der Waals surface area contributed by atoms with Crippen LogP contribution in [0, 0.1) is 0 Å². The standard InChI is InChI=1S/C24H22Cl2N4O3/c1-15(28-22(31)14-27-23(32)17-9-12-20(25)21(26)13-17)16-7-10-19(11-8-16)30-24(33)29-18-5-3-2-4-6-18/h2-13,15H,14H2,1H3,(H,27,32)(H,28,31)(H2,29,30,33). The van der Waals surface area contributed by atoms with Gasteiger partial charge in [-0.3, -0.25) is 9.59 Å². The lowest BCUT2D eigenvalue weighted by molar-refractivity contribution is -0.120. The predicted molar refractivity (Wildman–Crippen MR) is 131 cm³/mol. The van der Waals surface area contributed by atoms with Crippen LogP contribution < -0.4 is 21.3 Å². The molecule has 3 aromatic carbocycles. The lowest BCUT2D eigenvalue weighted by Gasteiger charge is -2.15. The molecule has 0 heterocycles. The fraction of sp³-hybridized carbons (Fsp3) is 0.125. The average molecular weight is 485 g/mol. The summed E-state index contributed by atoms with van der Waals surface area (Å²) in [5.74, 6) is -0.777. The van der Waals surface area contributed by atoms with Crippen molar-refractivity contribution in [1.82, 2.24) is 10.6 Å². The van der Waals surface area contributed by atoms with Crippen LogP contribution in [-0.4, -0.2) is 24.4 Å². The zero-order valence-corrected chi connectivity index (χ0v) is 19.2. The first-order valence-corrected chi connectivity index (χ1v) is 10.8. The second-order valence-electron chi connectivity index (χ2n) is 7.17. The zero-order chi connectivity index (χ0) is 23.8. The molecular formula is C24H22Cl2N4O3. The molecule has 4 amide bonds. The number of nitrogens with one attached hydrogen (secondary N) is 4. The minimum atomic E-state index is -0.430. The van der Waals surface area contributed by atoms with Gasteiger partial charge in [0.15, 0.2) is 0 Å². The van der Waals surface area contributed by atoms with Crippen molar-refractivity contribution in [2.45, 2.75) is 13.0 Å². The summed E-state index contributed by atoms with van der Waals surface area (Å²) in [6.45, 7) is 1.63. The fourth-order valence-corrected chi connectivity index (χ4v) is 3.24. The second kappa shape index (κ2) is 11.4. The maximum atomic E-state index is 12.2. The lowest BCUT2D eigenvalue weighted by atomic mass is 10.1. The summed E-state index contributed by atoms with van der Waals surface area (Å²) in [6.07, 6.45) is 0. The monoisotopic (exact) mass is 484 g/mol. The van der Waals surface area contributed by atoms with Gasteiger partial charge in [-0.1, -0.05) is 53.5 Å². The van der Waals surface area contributed by atoms with Crippen molar-refractivity contribution < 1.29 is 14.4 Å². The first kappa shape index (κ1) is 24.1. The first-order valence-electron chi connectivity index (χ1n) is 10.1. The number of rotatable bonds is 7. The maximum absolute atomic E-state index is 12.2. The molecule has 3 aromatic rings. The largest absolute Gasteiger partial charge is 0.348 e. The van der Waals surface area contributed by atoms with Gasteiger partial charge in [0.25, 0.3) is 5.91 Å². The summed E-state index contributed by atoms with van der Waals surface area (Å²) in [4.78, 5) is 36.5. The Bertz CT molecular complexity index is 1140. The number of carbonyl (C=O) groups is 3. The lowest BCUT2D eigenvalue weighted by Crippen LogP contribution is -2.38. The van der Waals surface area contributed by atoms with Crippen LogP contribution in [0.3, 0.4) is 0 Å². The van der Waals surface area contributed by atoms with Crippen molar-refractivity contribution in [2.24, 2.45) is 0 Å². The predicted octanol–water partition coefficient (Wildman–Crippen LogP) is 5.24. The van der Waals surface area contributed by atoms with E-state index in [-0.39, 0.29) is 29.5 Å². The minimum absolute atomic E-state index is 0.192. The maximum Gasteiger partial charge on any atom is 0.323 e. The van der Waals surface area contributed by atoms with Gasteiger partial charge in [0, 0.05) is 16.9 Å². The number of benzene rings is 3. The molecule has 0 aliphatic heterocycles. The topological polar surface area (TPSA) is 99.3 Å². The van der Waals surface area contributed by atoms with Crippen molar-refractivity contribution in [3.05, 3.63) is 94.0 Å². The SMILES string of the molecule is CC(NC(=O)CNC(=O)c1ccc(Cl)c(Cl)c1)c1ccc(NC(=O)Nc2ccccc2)cc1. The Hall–Kier alpha value is -3.55. The summed E-state index contributed by atoms with van der Waals surface area (Å²) in [5, 5.41) is 11.5. The van der Waals surface area contributed by atoms with Gasteiger partial charge in [0.1, 0.15) is 0 Å². The molecule has 0 bridgehead atoms. The molecule has 0 aliphatic carbocycles. The molecule has 170 valence electrons. The average Bonchev–Trinajstić information content (AvgIpc) is 2.80. The number of urea groups is 1. The number of anilines is 2. The van der Waals surface area contributed by atoms with E-state index in [9.17, 15) is 14.4 Å². The third-order valence-corrected chi connectivity index (χ3v) is 5.41. The Morgan fingerprint density at radius 1 is 0.818 bits per heavy atom. The molecule has 4 N–H and O–H groups in total. The molecule has 3 rings (SSSR count). The van der Waals surface area contributed by atoms with Gasteiger partial charge in [-0.05, 0) is 55.0 Å². The molecular weight excluding hydrogens is 463 g/mol. The molecule has 0 saturated heterocycles. The van der Waals surface area contributed by atoms with E-state index in [0.29, 0.717) is 22.0 Å². The third-order valence-electron chi connectivity index (χ3n) is 4.67. The highest BCUT2D eigenvalue weighted by Gasteiger charge is 2.13. The van der Waals surface area contributed by atoms with E-state index in [1.54, 1.807) is 36.4 Å². The van der Waals surface area contributed by atoms with Crippen molar-refractivity contribution >= 4 is 52.4 Å². The minimum Gasteiger partial charge on any atom is -0.348 e. The van der Waals surface area contributed by atoms with Gasteiger partial charge in [0.05, 0.1) is 22.6 Å². The van der Waals surface area contributed by atoms with E-state index in [2.05, 4.69) is 21.3 Å². The molecule has 9 heteroatoms. The van der Waals surface area contributed by atoms with Crippen LogP contribution in [0.25, 0.3) is 0 Å². The van der Waals surface area contributed by atoms with Gasteiger partial charge in [0.2, 0.25) is 5.91 Å². The molecule has 0 aromatic heterocycles. The molecule has 0 fully saturated rings. The quantitative estimate of drug-likeness (QED) is 0.368. The van der Waals surface area contributed by atoms with Crippen molar-refractivity contribution in [3.63, 3.8) is 0 Å². The number of hydrogen-bond acceptors (Lipinski definition) is 3. The zero-order valence-electron chi connectivity index (χ0n) is 17.7. The van der Waals surface area contributed by atoms with Crippen molar-refractivity contribution in [3.8, 4) is 0 Å². The van der Waals surface area contributed by atoms with Crippen LogP contribution in [-0.2, 0) is 4.79 Å². The molecule has 7 nitrogen and oxygen atoms in total. The summed E-state index contributed by atoms with van der Waals surface area (Å²) < 4.78 is 0. The number of para-hydroxylation sites is 1. The summed E-state index contributed by atoms with van der Waals surface area (Å²) in [7, 11) is 0. The van der Waals surface area contributed by atoms with E-state index < -0.39 is 5.91 Å². The summed E-state index contributed by atoms with van der Waals surface area (Å²) >= 11 is 11.8. The second-order valence-corrected chi connectivity index (χ2v) is 7.98. The Morgan fingerprint density at radius 2 is 1.45 bits per heavy atom. The van der Waals surface area contributed by atoms with Gasteiger partial charge in [-0.15, -0.1) is 0 Å². The van der Waals surface area contributed by atoms with E-state index >= 15 is 0 Å². The molecule has 0 radical (unpaired) electrons. The first-order chi connectivity index (χ1) is 15.8. The molecule has 33 heavy (non-hydrogen) atoms. The van der Waals surface area contributed by atoms with Gasteiger partial charge < -0.3 is 21.3 Å². The Labute approximate surface area is 201 Å². The van der Waals surface area contributed by atoms with Crippen LogP contribution in [0.15, 0.2) is 72.8 Å². The molecule has 1 atom stereocenters. The Balaban J connectivity index is 1.46. The normalized spacial score (nSPS) is 11.2. The fourth-order valence-electron chi connectivity index (χ4n) is 2.95. The van der Waals surface area contributed by atoms with Gasteiger partial charge in [-0.25, -0.2) is 4.79 Å². The van der Waals surface area contributed by atoms with Gasteiger partial charge >= 0.3 is 6.03 Å². The van der Waals surface area contributed by atoms with Crippen LogP contribution in [0.4, 0.5) is 16.2 Å². The highest BCUT2D eigenvalue weighted by molar-refractivity contribution is 6.42. The van der Waals surface area contributed by atoms with Crippen molar-refractivity contribution in [1.29, 1.82) is 0 Å². The highest BCUT2D eigenvalue weighted by Crippen LogP contribution is 2.22. The number of hydrogen-bond donors (Lipinski definition) is 4. The highest BCUT2D eigenvalue weighted by atomic mass is 35.5. The Morgan fingerprint density at radius 3 is 2.09 bits per heavy atom. The van der Waals surface area contributed by atoms with E-state index in [1.165, 1.54) is 18.2 Å². The van der Waals surface area contributed by atoms with E-state index in [4.69, 9.17) is 23.2 Å². The van der Waals surface area contributed by atoms with Gasteiger partial charge in [-0.2, -0.15) is 0 Å². The van der Waals surface area contributed by atoms with Crippen LogP contribution in [0.2, 0.25) is 10.0 Å². The van der Waals surface area contributed by atoms with E-state index in [1.807, 2.05) is 25.1 Å². The van der Waals surface area contributed by atoms with Crippen LogP contribution in [0.1, 0.15) is 28.9 Å². The molecule has 0 spiro atoms. The molecule has 1 unspecified atom stereocenters. The van der Waals surface area contributed by atoms with E-state index in [0.717, 1.165) is 5.56 Å². The smallest absolute Gasteiger partial charge is 0.323 e.